The number of hydrogen-bond donors (Lipinski definition) is 0. The normalized spacial score (nSPS) is 16.8. The van der Waals surface area contributed by atoms with Crippen LogP contribution in [0.3, 0.4) is 0 Å². The molecule has 0 spiro atoms. The van der Waals surface area contributed by atoms with E-state index in [9.17, 15) is 0 Å². The van der Waals surface area contributed by atoms with Crippen LogP contribution in [0.25, 0.3) is 33.7 Å². The molecular weight excluding hydrogens is 615 g/mol. The molecule has 3 heterocycles. The van der Waals surface area contributed by atoms with Gasteiger partial charge in [-0.15, -0.1) is 0 Å². The van der Waals surface area contributed by atoms with Crippen molar-refractivity contribution >= 4 is 33.7 Å². The van der Waals surface area contributed by atoms with Crippen LogP contribution in [-0.4, -0.2) is 29.2 Å². The van der Waals surface area contributed by atoms with Gasteiger partial charge in [-0.3, -0.25) is 0 Å². The molecule has 6 rings (SSSR count). The first-order valence-electron chi connectivity index (χ1n) is 18.7. The van der Waals surface area contributed by atoms with E-state index < -0.39 is 0 Å². The predicted molar refractivity (Wildman–Crippen MR) is 209 cm³/mol. The van der Waals surface area contributed by atoms with E-state index in [1.807, 2.05) is 6.08 Å². The van der Waals surface area contributed by atoms with Crippen LogP contribution in [0, 0.1) is 0 Å². The highest BCUT2D eigenvalue weighted by Gasteiger charge is 2.51. The fourth-order valence-electron chi connectivity index (χ4n) is 8.27. The monoisotopic (exact) mass is 672 g/mol. The van der Waals surface area contributed by atoms with E-state index >= 15 is 0 Å². The smallest absolute Gasteiger partial charge is 0.299 e. The van der Waals surface area contributed by atoms with E-state index in [2.05, 4.69) is 145 Å². The summed E-state index contributed by atoms with van der Waals surface area (Å²) in [6.07, 6.45) is 8.67. The van der Waals surface area contributed by atoms with E-state index in [1.165, 1.54) is 38.8 Å². The van der Waals surface area contributed by atoms with E-state index in [0.29, 0.717) is 6.61 Å². The summed E-state index contributed by atoms with van der Waals surface area (Å²) >= 11 is 0. The lowest BCUT2D eigenvalue weighted by Crippen LogP contribution is -2.61. The van der Waals surface area contributed by atoms with Crippen molar-refractivity contribution in [1.82, 2.24) is 9.38 Å². The molecule has 5 nitrogen and oxygen atoms in total. The van der Waals surface area contributed by atoms with Crippen LogP contribution < -0.4 is 4.57 Å². The Morgan fingerprint density at radius 2 is 1.70 bits per heavy atom. The van der Waals surface area contributed by atoms with Gasteiger partial charge < -0.3 is 9.47 Å². The average molecular weight is 673 g/mol. The molecule has 5 aromatic rings. The van der Waals surface area contributed by atoms with E-state index in [1.54, 1.807) is 7.11 Å². The molecule has 0 bridgehead atoms. The Balaban J connectivity index is 1.48. The van der Waals surface area contributed by atoms with Gasteiger partial charge in [0.2, 0.25) is 5.82 Å². The zero-order valence-electron chi connectivity index (χ0n) is 32.2. The summed E-state index contributed by atoms with van der Waals surface area (Å²) in [6, 6.07) is 22.5. The number of imidazole rings is 1. The maximum Gasteiger partial charge on any atom is 0.299 e. The Labute approximate surface area is 300 Å². The molecule has 264 valence electrons. The van der Waals surface area contributed by atoms with Gasteiger partial charge in [0.25, 0.3) is 5.65 Å². The molecule has 1 aliphatic rings. The van der Waals surface area contributed by atoms with Crippen molar-refractivity contribution in [1.29, 1.82) is 0 Å². The summed E-state index contributed by atoms with van der Waals surface area (Å²) < 4.78 is 17.7. The molecule has 0 fully saturated rings. The van der Waals surface area contributed by atoms with Gasteiger partial charge in [0.05, 0.1) is 29.4 Å². The lowest BCUT2D eigenvalue weighted by molar-refractivity contribution is -0.726. The first kappa shape index (κ1) is 35.9. The van der Waals surface area contributed by atoms with Crippen LogP contribution in [-0.2, 0) is 32.3 Å². The Morgan fingerprint density at radius 1 is 1.00 bits per heavy atom. The zero-order valence-corrected chi connectivity index (χ0v) is 32.2. The molecule has 0 saturated heterocycles. The lowest BCUT2D eigenvalue weighted by atomic mass is 9.69. The third-order valence-corrected chi connectivity index (χ3v) is 11.2. The highest BCUT2D eigenvalue weighted by atomic mass is 16.5. The number of para-hydroxylation sites is 2. The first-order valence-corrected chi connectivity index (χ1v) is 18.7. The third kappa shape index (κ3) is 6.27. The number of rotatable bonds is 12. The quantitative estimate of drug-likeness (QED) is 0.0978. The van der Waals surface area contributed by atoms with Gasteiger partial charge in [0, 0.05) is 24.9 Å². The van der Waals surface area contributed by atoms with Crippen molar-refractivity contribution in [2.24, 2.45) is 0 Å². The molecule has 5 heteroatoms. The topological polar surface area (TPSA) is 39.6 Å². The maximum absolute atomic E-state index is 6.79. The van der Waals surface area contributed by atoms with Crippen molar-refractivity contribution in [2.75, 3.05) is 13.7 Å². The van der Waals surface area contributed by atoms with Crippen LogP contribution in [0.2, 0.25) is 0 Å². The number of methoxy groups -OCH3 is 1. The minimum atomic E-state index is -0.146. The number of allylic oxidation sites excluding steroid dienone is 1. The fourth-order valence-corrected chi connectivity index (χ4v) is 8.27. The molecule has 0 amide bonds. The summed E-state index contributed by atoms with van der Waals surface area (Å²) in [6.45, 7) is 25.2. The molecular formula is C45H58N3O2+. The van der Waals surface area contributed by atoms with Crippen LogP contribution >= 0.6 is 0 Å². The fraction of sp³-hybridized carbons (Fsp3) is 0.467. The molecule has 0 N–H and O–H groups in total. The van der Waals surface area contributed by atoms with Gasteiger partial charge in [-0.1, -0.05) is 111 Å². The second-order valence-electron chi connectivity index (χ2n) is 16.4. The molecule has 2 unspecified atom stereocenters. The van der Waals surface area contributed by atoms with Gasteiger partial charge in [-0.25, -0.2) is 9.55 Å². The largest absolute Gasteiger partial charge is 0.498 e. The second kappa shape index (κ2) is 13.6. The molecule has 1 aliphatic heterocycles. The Bertz CT molecular complexity index is 2050. The van der Waals surface area contributed by atoms with Crippen LogP contribution in [0.5, 0.6) is 0 Å². The van der Waals surface area contributed by atoms with Gasteiger partial charge in [0.1, 0.15) is 5.54 Å². The lowest BCUT2D eigenvalue weighted by Gasteiger charge is -2.41. The van der Waals surface area contributed by atoms with Crippen LogP contribution in [0.15, 0.2) is 79.1 Å². The highest BCUT2D eigenvalue weighted by Crippen LogP contribution is 2.49. The standard InChI is InChI=1S/C45H58N3O2/c1-12-31-19-21-32(22-20-31)23-24-34(27-30(4)49-11)50-26-25-36-35-28-33(43(5,6)7)29-37-40(35)41-47(42(46-37)44(8,9)10)38-17-15-16-18-39(38)48(41)45(36,13-2)14-3/h12,15-22,27-30,36H,1,13-14,23-26H2,2-11H3/q+1. The predicted octanol–water partition coefficient (Wildman–Crippen LogP) is 10.7. The molecule has 0 aliphatic carbocycles. The number of hydrogen-bond acceptors (Lipinski definition) is 3. The Morgan fingerprint density at radius 3 is 2.32 bits per heavy atom. The number of aryl methyl sites for hydroxylation is 1. The Kier molecular flexibility index (Phi) is 9.78. The van der Waals surface area contributed by atoms with Crippen molar-refractivity contribution in [3.63, 3.8) is 0 Å². The molecule has 2 atom stereocenters. The minimum Gasteiger partial charge on any atom is -0.498 e. The van der Waals surface area contributed by atoms with Crippen molar-refractivity contribution in [3.8, 4) is 0 Å². The van der Waals surface area contributed by atoms with E-state index in [4.69, 9.17) is 14.5 Å². The van der Waals surface area contributed by atoms with E-state index in [0.717, 1.165) is 54.8 Å². The summed E-state index contributed by atoms with van der Waals surface area (Å²) in [5.41, 5.74) is 9.79. The second-order valence-corrected chi connectivity index (χ2v) is 16.4. The van der Waals surface area contributed by atoms with Crippen LogP contribution in [0.4, 0.5) is 0 Å². The molecule has 3 aromatic carbocycles. The summed E-state index contributed by atoms with van der Waals surface area (Å²) in [5, 5.41) is 1.29. The Hall–Kier alpha value is -3.96. The van der Waals surface area contributed by atoms with Gasteiger partial charge in [-0.2, -0.15) is 4.40 Å². The molecule has 50 heavy (non-hydrogen) atoms. The van der Waals surface area contributed by atoms with Gasteiger partial charge in [0.15, 0.2) is 11.0 Å². The minimum absolute atomic E-state index is 0.0151. The summed E-state index contributed by atoms with van der Waals surface area (Å²) in [4.78, 5) is 5.55. The third-order valence-electron chi connectivity index (χ3n) is 11.2. The average Bonchev–Trinajstić information content (AvgIpc) is 3.45. The zero-order chi connectivity index (χ0) is 36.0. The summed E-state index contributed by atoms with van der Waals surface area (Å²) in [5.74, 6) is 2.34. The molecule has 0 radical (unpaired) electrons. The number of benzene rings is 3. The van der Waals surface area contributed by atoms with E-state index in [-0.39, 0.29) is 28.4 Å². The van der Waals surface area contributed by atoms with Crippen molar-refractivity contribution in [3.05, 3.63) is 107 Å². The van der Waals surface area contributed by atoms with Crippen molar-refractivity contribution < 1.29 is 14.0 Å². The maximum atomic E-state index is 6.79. The highest BCUT2D eigenvalue weighted by molar-refractivity contribution is 5.98. The number of nitrogens with zero attached hydrogens (tertiary/aromatic N) is 3. The number of fused-ring (bicyclic) bond motifs is 3. The van der Waals surface area contributed by atoms with Gasteiger partial charge in [-0.05, 0) is 84.6 Å². The number of aromatic nitrogens is 3. The number of ether oxygens (including phenoxy) is 2. The summed E-state index contributed by atoms with van der Waals surface area (Å²) in [7, 11) is 1.76. The van der Waals surface area contributed by atoms with Crippen LogP contribution in [0.1, 0.15) is 122 Å². The first-order chi connectivity index (χ1) is 23.8. The van der Waals surface area contributed by atoms with Gasteiger partial charge >= 0.3 is 0 Å². The SMILES string of the molecule is C=Cc1ccc(CCC(=CC(C)OC)OCCC2c3cc(C(C)(C)C)cc4nc(C(C)(C)C)n5c6ccccc6[n+](c5c34)C2(CC)CC)cc1. The molecule has 0 saturated carbocycles. The van der Waals surface area contributed by atoms with Crippen molar-refractivity contribution in [2.45, 2.75) is 123 Å². The molecule has 2 aromatic heterocycles.